The Hall–Kier alpha value is -6.84. The summed E-state index contributed by atoms with van der Waals surface area (Å²) in [5.74, 6) is 2.96. The first-order chi connectivity index (χ1) is 25.9. The third kappa shape index (κ3) is 9.49. The van der Waals surface area contributed by atoms with Crippen molar-refractivity contribution in [1.29, 1.82) is 0 Å². The van der Waals surface area contributed by atoms with E-state index in [1.54, 1.807) is 0 Å². The summed E-state index contributed by atoms with van der Waals surface area (Å²) in [6, 6.07) is 26.7. The molecule has 1 aromatic heterocycles. The Bertz CT molecular complexity index is 2350. The maximum absolute atomic E-state index is 4.97. The Morgan fingerprint density at radius 1 is 0.755 bits per heavy atom. The largest absolute Gasteiger partial charge is 0.261 e. The van der Waals surface area contributed by atoms with Gasteiger partial charge >= 0.3 is 0 Å². The average Bonchev–Trinajstić information content (AvgIpc) is 3.65. The summed E-state index contributed by atoms with van der Waals surface area (Å²) in [5, 5.41) is 0. The highest BCUT2D eigenvalue weighted by atomic mass is 15.0. The zero-order chi connectivity index (χ0) is 36.9. The van der Waals surface area contributed by atoms with Gasteiger partial charge in [-0.05, 0) is 68.5 Å². The van der Waals surface area contributed by atoms with Crippen molar-refractivity contribution < 1.29 is 0 Å². The zero-order valence-electron chi connectivity index (χ0n) is 30.2. The Balaban J connectivity index is 1.26. The van der Waals surface area contributed by atoms with Gasteiger partial charge in [0.1, 0.15) is 5.82 Å². The maximum atomic E-state index is 4.97. The molecule has 1 heterocycles. The van der Waals surface area contributed by atoms with E-state index in [9.17, 15) is 0 Å². The molecule has 2 aliphatic rings. The highest BCUT2D eigenvalue weighted by Crippen LogP contribution is 2.28. The SMILES string of the molecule is C=NC(=NC(=NCc1ccc(-c2ccc(-c3nc(C4=CC=CC=C=C4)nc(C(C)(C)/C=C\C=C/C)n3)cc2)cc1)c1ccccc1)C1=C=CC=CC=C1. The van der Waals surface area contributed by atoms with Crippen molar-refractivity contribution in [1.82, 2.24) is 15.0 Å². The molecule has 53 heavy (non-hydrogen) atoms. The van der Waals surface area contributed by atoms with Crippen molar-refractivity contribution in [3.8, 4) is 22.5 Å². The number of rotatable bonds is 10. The van der Waals surface area contributed by atoms with Crippen molar-refractivity contribution in [2.75, 3.05) is 0 Å². The van der Waals surface area contributed by atoms with Crippen molar-refractivity contribution in [3.63, 3.8) is 0 Å². The van der Waals surface area contributed by atoms with Crippen LogP contribution in [-0.4, -0.2) is 33.3 Å². The second-order valence-corrected chi connectivity index (χ2v) is 12.7. The molecule has 0 radical (unpaired) electrons. The molecule has 0 spiro atoms. The van der Waals surface area contributed by atoms with Crippen LogP contribution in [0, 0.1) is 0 Å². The van der Waals surface area contributed by atoms with Crippen LogP contribution < -0.4 is 0 Å². The Morgan fingerprint density at radius 2 is 1.47 bits per heavy atom. The number of aromatic nitrogens is 3. The van der Waals surface area contributed by atoms with Gasteiger partial charge in [-0.25, -0.2) is 24.9 Å². The third-order valence-corrected chi connectivity index (χ3v) is 8.40. The quantitative estimate of drug-likeness (QED) is 0.0720. The number of nitrogens with zero attached hydrogens (tertiary/aromatic N) is 6. The molecule has 0 aliphatic heterocycles. The first-order valence-corrected chi connectivity index (χ1v) is 17.5. The fourth-order valence-electron chi connectivity index (χ4n) is 5.44. The molecule has 4 aromatic rings. The van der Waals surface area contributed by atoms with E-state index in [-0.39, 0.29) is 0 Å². The summed E-state index contributed by atoms with van der Waals surface area (Å²) >= 11 is 0. The fourth-order valence-corrected chi connectivity index (χ4v) is 5.44. The lowest BCUT2D eigenvalue weighted by molar-refractivity contribution is 0.608. The van der Waals surface area contributed by atoms with Crippen LogP contribution in [0.1, 0.15) is 43.5 Å². The molecule has 3 aromatic carbocycles. The third-order valence-electron chi connectivity index (χ3n) is 8.40. The summed E-state index contributed by atoms with van der Waals surface area (Å²) in [6.07, 6.45) is 27.3. The van der Waals surface area contributed by atoms with E-state index in [0.29, 0.717) is 35.7 Å². The van der Waals surface area contributed by atoms with Crippen LogP contribution in [0.5, 0.6) is 0 Å². The molecule has 0 N–H and O–H groups in total. The van der Waals surface area contributed by atoms with Crippen molar-refractivity contribution in [2.24, 2.45) is 15.0 Å². The van der Waals surface area contributed by atoms with Gasteiger partial charge in [-0.3, -0.25) is 4.99 Å². The molecule has 6 rings (SSSR count). The van der Waals surface area contributed by atoms with Gasteiger partial charge in [0.05, 0.1) is 12.1 Å². The van der Waals surface area contributed by atoms with E-state index in [0.717, 1.165) is 39.0 Å². The van der Waals surface area contributed by atoms with Crippen LogP contribution in [0.2, 0.25) is 0 Å². The van der Waals surface area contributed by atoms with E-state index in [2.05, 4.69) is 91.6 Å². The molecule has 6 heteroatoms. The predicted molar refractivity (Wildman–Crippen MR) is 221 cm³/mol. The highest BCUT2D eigenvalue weighted by Gasteiger charge is 2.24. The zero-order valence-corrected chi connectivity index (χ0v) is 30.2. The monoisotopic (exact) mass is 688 g/mol. The lowest BCUT2D eigenvalue weighted by Gasteiger charge is -2.20. The maximum Gasteiger partial charge on any atom is 0.168 e. The van der Waals surface area contributed by atoms with Crippen LogP contribution in [0.25, 0.3) is 28.1 Å². The average molecular weight is 689 g/mol. The van der Waals surface area contributed by atoms with E-state index < -0.39 is 5.41 Å². The van der Waals surface area contributed by atoms with Gasteiger partial charge in [0.2, 0.25) is 0 Å². The normalized spacial score (nSPS) is 14.5. The molecule has 2 aliphatic carbocycles. The Morgan fingerprint density at radius 3 is 2.23 bits per heavy atom. The molecular weight excluding hydrogens is 649 g/mol. The second-order valence-electron chi connectivity index (χ2n) is 12.7. The smallest absolute Gasteiger partial charge is 0.168 e. The van der Waals surface area contributed by atoms with E-state index in [4.69, 9.17) is 24.9 Å². The van der Waals surface area contributed by atoms with Crippen LogP contribution in [0.3, 0.4) is 0 Å². The molecular formula is C47H40N6. The van der Waals surface area contributed by atoms with Gasteiger partial charge in [-0.15, -0.1) is 11.5 Å². The molecule has 258 valence electrons. The Kier molecular flexibility index (Phi) is 11.8. The molecule has 0 fully saturated rings. The highest BCUT2D eigenvalue weighted by molar-refractivity contribution is 6.13. The summed E-state index contributed by atoms with van der Waals surface area (Å²) in [5.41, 5.74) is 12.6. The van der Waals surface area contributed by atoms with Crippen LogP contribution in [0.15, 0.2) is 196 Å². The fraction of sp³-hybridized carbons (Fsp3) is 0.106. The van der Waals surface area contributed by atoms with Gasteiger partial charge in [0.15, 0.2) is 23.3 Å². The number of benzene rings is 3. The first-order valence-electron chi connectivity index (χ1n) is 17.5. The van der Waals surface area contributed by atoms with Gasteiger partial charge in [0, 0.05) is 22.1 Å². The van der Waals surface area contributed by atoms with Crippen LogP contribution >= 0.6 is 0 Å². The number of hydrogen-bond acceptors (Lipinski definition) is 4. The minimum Gasteiger partial charge on any atom is -0.261 e. The molecule has 0 saturated carbocycles. The molecule has 0 atom stereocenters. The second kappa shape index (κ2) is 17.4. The molecule has 0 unspecified atom stereocenters. The molecule has 6 nitrogen and oxygen atoms in total. The minimum atomic E-state index is -0.420. The lowest BCUT2D eigenvalue weighted by Crippen LogP contribution is -2.20. The number of hydrogen-bond donors (Lipinski definition) is 0. The summed E-state index contributed by atoms with van der Waals surface area (Å²) < 4.78 is 0. The van der Waals surface area contributed by atoms with Gasteiger partial charge in [0.25, 0.3) is 0 Å². The number of amidine groups is 2. The molecule has 0 bridgehead atoms. The Labute approximate surface area is 312 Å². The van der Waals surface area contributed by atoms with Gasteiger partial charge < -0.3 is 0 Å². The first kappa shape index (κ1) is 36.0. The van der Waals surface area contributed by atoms with Crippen molar-refractivity contribution >= 4 is 24.0 Å². The summed E-state index contributed by atoms with van der Waals surface area (Å²) in [6.45, 7) is 10.4. The lowest BCUT2D eigenvalue weighted by atomic mass is 9.91. The van der Waals surface area contributed by atoms with Crippen LogP contribution in [0.4, 0.5) is 0 Å². The molecule has 0 saturated heterocycles. The van der Waals surface area contributed by atoms with E-state index in [1.807, 2.05) is 116 Å². The van der Waals surface area contributed by atoms with E-state index >= 15 is 0 Å². The van der Waals surface area contributed by atoms with Crippen LogP contribution in [-0.2, 0) is 12.0 Å². The van der Waals surface area contributed by atoms with Gasteiger partial charge in [-0.1, -0.05) is 140 Å². The van der Waals surface area contributed by atoms with Crippen molar-refractivity contribution in [2.45, 2.75) is 32.7 Å². The summed E-state index contributed by atoms with van der Waals surface area (Å²) in [7, 11) is 0. The topological polar surface area (TPSA) is 75.8 Å². The predicted octanol–water partition coefficient (Wildman–Crippen LogP) is 10.5. The van der Waals surface area contributed by atoms with Gasteiger partial charge in [-0.2, -0.15) is 0 Å². The number of aliphatic imine (C=N–C) groups is 3. The minimum absolute atomic E-state index is 0.420. The van der Waals surface area contributed by atoms with Crippen molar-refractivity contribution in [3.05, 3.63) is 204 Å². The summed E-state index contributed by atoms with van der Waals surface area (Å²) in [4.78, 5) is 28.7. The standard InChI is InChI=1S/C47H40N6/c1-5-6-18-33-47(2,3)46-52-44(40-23-14-9-10-15-24-40)51-45(53-46)41-31-29-37(30-32-41)36-27-25-35(26-28-36)34-49-43(39-21-16-11-17-22-39)50-42(48-4)38-19-12-7-8-13-20-38/h5-14,16-19,21-33H,4,34H2,1-3H3/b6-5-,33-18-,49-43?,50-42?. The van der Waals surface area contributed by atoms with E-state index in [1.165, 1.54) is 0 Å². The molecule has 0 amide bonds. The number of allylic oxidation sites excluding steroid dienone is 12.